The molecule has 448 valence electrons. The molecule has 76 heavy (non-hydrogen) atoms. The summed E-state index contributed by atoms with van der Waals surface area (Å²) in [6.45, 7) is 6.69. The Morgan fingerprint density at radius 2 is 0.474 bits per heavy atom. The zero-order chi connectivity index (χ0) is 55.0. The van der Waals surface area contributed by atoms with Gasteiger partial charge in [0.1, 0.15) is 13.2 Å². The lowest BCUT2D eigenvalue weighted by atomic mass is 10.0. The second kappa shape index (κ2) is 65.4. The second-order valence-corrected chi connectivity index (χ2v) is 23.5. The van der Waals surface area contributed by atoms with Crippen LogP contribution in [0.1, 0.15) is 387 Å². The maximum Gasteiger partial charge on any atom is 0.306 e. The number of rotatable bonds is 64. The third kappa shape index (κ3) is 62.7. The first-order valence-corrected chi connectivity index (χ1v) is 34.3. The van der Waals surface area contributed by atoms with E-state index in [0.717, 1.165) is 64.2 Å². The van der Waals surface area contributed by atoms with Crippen molar-refractivity contribution in [2.45, 2.75) is 393 Å². The number of carbonyl (C=O) groups is 3. The van der Waals surface area contributed by atoms with Gasteiger partial charge in [0, 0.05) is 19.3 Å². The summed E-state index contributed by atoms with van der Waals surface area (Å²) >= 11 is 0. The Morgan fingerprint density at radius 3 is 0.724 bits per heavy atom. The molecule has 0 aliphatic heterocycles. The average molecular weight is 1070 g/mol. The van der Waals surface area contributed by atoms with Crippen LogP contribution in [0.3, 0.4) is 0 Å². The quantitative estimate of drug-likeness (QED) is 0.0261. The van der Waals surface area contributed by atoms with Gasteiger partial charge in [0.15, 0.2) is 6.10 Å². The zero-order valence-electron chi connectivity index (χ0n) is 51.6. The van der Waals surface area contributed by atoms with Crippen molar-refractivity contribution in [1.29, 1.82) is 0 Å². The number of unbranched alkanes of at least 4 members (excludes halogenated alkanes) is 49. The van der Waals surface area contributed by atoms with Crippen LogP contribution in [0.2, 0.25) is 0 Å². The van der Waals surface area contributed by atoms with Crippen molar-refractivity contribution in [2.24, 2.45) is 0 Å². The molecule has 0 bridgehead atoms. The van der Waals surface area contributed by atoms with E-state index in [0.29, 0.717) is 19.3 Å². The van der Waals surface area contributed by atoms with Crippen molar-refractivity contribution in [3.8, 4) is 0 Å². The van der Waals surface area contributed by atoms with Gasteiger partial charge in [0.05, 0.1) is 0 Å². The van der Waals surface area contributed by atoms with Crippen LogP contribution in [0.4, 0.5) is 0 Å². The first-order valence-electron chi connectivity index (χ1n) is 34.3. The molecule has 0 saturated carbocycles. The summed E-state index contributed by atoms with van der Waals surface area (Å²) in [6, 6.07) is 0. The van der Waals surface area contributed by atoms with Gasteiger partial charge in [0.2, 0.25) is 0 Å². The largest absolute Gasteiger partial charge is 0.462 e. The lowest BCUT2D eigenvalue weighted by Gasteiger charge is -2.18. The van der Waals surface area contributed by atoms with E-state index in [2.05, 4.69) is 45.1 Å². The monoisotopic (exact) mass is 1070 g/mol. The number of esters is 3. The van der Waals surface area contributed by atoms with Gasteiger partial charge in [0.25, 0.3) is 0 Å². The minimum absolute atomic E-state index is 0.0669. The minimum Gasteiger partial charge on any atom is -0.462 e. The molecule has 0 aromatic rings. The third-order valence-corrected chi connectivity index (χ3v) is 15.7. The van der Waals surface area contributed by atoms with Gasteiger partial charge in [-0.2, -0.15) is 0 Å². The molecule has 0 radical (unpaired) electrons. The van der Waals surface area contributed by atoms with Gasteiger partial charge in [-0.3, -0.25) is 14.4 Å². The molecule has 0 amide bonds. The SMILES string of the molecule is CCCCCCC/C=C\C/C=C\CCCCCCCCCCCC(=O)OC(COC(=O)CCCCCCCCCCCC)COC(=O)CCCCCCCCCCCCCCCCCCCCCCCCCCCCC. The van der Waals surface area contributed by atoms with Gasteiger partial charge < -0.3 is 14.2 Å². The number of ether oxygens (including phenoxy) is 3. The van der Waals surface area contributed by atoms with Crippen molar-refractivity contribution in [2.75, 3.05) is 13.2 Å². The predicted octanol–water partition coefficient (Wildman–Crippen LogP) is 23.4. The number of hydrogen-bond acceptors (Lipinski definition) is 6. The van der Waals surface area contributed by atoms with Gasteiger partial charge in [-0.25, -0.2) is 0 Å². The summed E-state index contributed by atoms with van der Waals surface area (Å²) in [5.74, 6) is -0.845. The number of carbonyl (C=O) groups excluding carboxylic acids is 3. The molecule has 1 unspecified atom stereocenters. The molecular weight excluding hydrogens is 937 g/mol. The highest BCUT2D eigenvalue weighted by atomic mass is 16.6. The lowest BCUT2D eigenvalue weighted by Crippen LogP contribution is -2.30. The standard InChI is InChI=1S/C70H132O6/c1-4-7-10-13-16-19-22-24-26-28-30-32-33-34-35-36-37-39-40-42-44-46-48-51-54-57-60-63-69(72)75-66-67(65-74-68(71)62-59-56-53-50-21-18-15-12-9-6-3)76-70(73)64-61-58-55-52-49-47-45-43-41-38-31-29-27-25-23-20-17-14-11-8-5-2/h23,25,29,31,67H,4-22,24,26-28,30,32-66H2,1-3H3/b25-23-,31-29-. The van der Waals surface area contributed by atoms with Gasteiger partial charge in [-0.15, -0.1) is 0 Å². The Hall–Kier alpha value is -2.11. The molecule has 0 aliphatic carbocycles. The fourth-order valence-electron chi connectivity index (χ4n) is 10.5. The van der Waals surface area contributed by atoms with Crippen molar-refractivity contribution >= 4 is 17.9 Å². The van der Waals surface area contributed by atoms with Crippen LogP contribution < -0.4 is 0 Å². The maximum absolute atomic E-state index is 12.9. The molecule has 0 rings (SSSR count). The summed E-state index contributed by atoms with van der Waals surface area (Å²) in [4.78, 5) is 38.3. The Balaban J connectivity index is 4.14. The molecule has 6 nitrogen and oxygen atoms in total. The Bertz CT molecular complexity index is 1230. The van der Waals surface area contributed by atoms with Crippen molar-refractivity contribution < 1.29 is 28.6 Å². The van der Waals surface area contributed by atoms with Crippen LogP contribution in [-0.4, -0.2) is 37.2 Å². The minimum atomic E-state index is -0.769. The van der Waals surface area contributed by atoms with Crippen LogP contribution in [-0.2, 0) is 28.6 Å². The van der Waals surface area contributed by atoms with Crippen LogP contribution in [0.5, 0.6) is 0 Å². The zero-order valence-corrected chi connectivity index (χ0v) is 51.6. The molecule has 0 fully saturated rings. The van der Waals surface area contributed by atoms with Gasteiger partial charge in [-0.1, -0.05) is 340 Å². The van der Waals surface area contributed by atoms with Crippen molar-refractivity contribution in [3.63, 3.8) is 0 Å². The molecule has 1 atom stereocenters. The van der Waals surface area contributed by atoms with E-state index in [1.54, 1.807) is 0 Å². The molecule has 0 spiro atoms. The van der Waals surface area contributed by atoms with Gasteiger partial charge >= 0.3 is 17.9 Å². The van der Waals surface area contributed by atoms with Crippen LogP contribution in [0, 0.1) is 0 Å². The number of hydrogen-bond donors (Lipinski definition) is 0. The van der Waals surface area contributed by atoms with Crippen LogP contribution in [0.15, 0.2) is 24.3 Å². The third-order valence-electron chi connectivity index (χ3n) is 15.7. The fourth-order valence-corrected chi connectivity index (χ4v) is 10.5. The Morgan fingerprint density at radius 1 is 0.263 bits per heavy atom. The Kier molecular flexibility index (Phi) is 63.6. The summed E-state index contributed by atoms with van der Waals surface area (Å²) in [5, 5.41) is 0. The maximum atomic E-state index is 12.9. The molecule has 0 N–H and O–H groups in total. The molecule has 0 aromatic heterocycles. The molecule has 0 aromatic carbocycles. The summed E-state index contributed by atoms with van der Waals surface area (Å²) < 4.78 is 16.9. The van der Waals surface area contributed by atoms with Gasteiger partial charge in [-0.05, 0) is 51.4 Å². The highest BCUT2D eigenvalue weighted by Crippen LogP contribution is 2.19. The lowest BCUT2D eigenvalue weighted by molar-refractivity contribution is -0.167. The van der Waals surface area contributed by atoms with E-state index in [9.17, 15) is 14.4 Å². The summed E-state index contributed by atoms with van der Waals surface area (Å²) in [6.07, 6.45) is 79.3. The van der Waals surface area contributed by atoms with Crippen LogP contribution >= 0.6 is 0 Å². The normalized spacial score (nSPS) is 12.1. The van der Waals surface area contributed by atoms with E-state index in [1.165, 1.54) is 283 Å². The molecule has 0 heterocycles. The van der Waals surface area contributed by atoms with E-state index in [-0.39, 0.29) is 31.1 Å². The molecule has 0 saturated heterocycles. The topological polar surface area (TPSA) is 78.9 Å². The van der Waals surface area contributed by atoms with E-state index >= 15 is 0 Å². The second-order valence-electron chi connectivity index (χ2n) is 23.5. The molecule has 6 heteroatoms. The first-order chi connectivity index (χ1) is 37.5. The van der Waals surface area contributed by atoms with Crippen LogP contribution in [0.25, 0.3) is 0 Å². The molecular formula is C70H132O6. The highest BCUT2D eigenvalue weighted by Gasteiger charge is 2.19. The van der Waals surface area contributed by atoms with E-state index < -0.39 is 6.10 Å². The predicted molar refractivity (Wildman–Crippen MR) is 330 cm³/mol. The highest BCUT2D eigenvalue weighted by molar-refractivity contribution is 5.71. The Labute approximate surface area is 474 Å². The molecule has 0 aliphatic rings. The first kappa shape index (κ1) is 73.9. The van der Waals surface area contributed by atoms with Crippen molar-refractivity contribution in [3.05, 3.63) is 24.3 Å². The average Bonchev–Trinajstić information content (AvgIpc) is 3.42. The van der Waals surface area contributed by atoms with E-state index in [4.69, 9.17) is 14.2 Å². The summed E-state index contributed by atoms with van der Waals surface area (Å²) in [5.41, 5.74) is 0. The number of allylic oxidation sites excluding steroid dienone is 4. The fraction of sp³-hybridized carbons (Fsp3) is 0.900. The van der Waals surface area contributed by atoms with Crippen molar-refractivity contribution in [1.82, 2.24) is 0 Å². The van der Waals surface area contributed by atoms with E-state index in [1.807, 2.05) is 0 Å². The smallest absolute Gasteiger partial charge is 0.306 e. The summed E-state index contributed by atoms with van der Waals surface area (Å²) in [7, 11) is 0.